The van der Waals surface area contributed by atoms with Crippen molar-refractivity contribution in [1.82, 2.24) is 4.90 Å². The van der Waals surface area contributed by atoms with Crippen LogP contribution < -0.4 is 0 Å². The highest BCUT2D eigenvalue weighted by Gasteiger charge is 2.50. The van der Waals surface area contributed by atoms with Crippen molar-refractivity contribution in [2.75, 3.05) is 14.1 Å². The van der Waals surface area contributed by atoms with Crippen LogP contribution in [-0.2, 0) is 6.42 Å². The van der Waals surface area contributed by atoms with Crippen LogP contribution in [-0.4, -0.2) is 52.8 Å². The molecule has 0 aromatic heterocycles. The number of hydrogen-bond donors (Lipinski definition) is 0. The van der Waals surface area contributed by atoms with Crippen LogP contribution in [0.4, 0.5) is 0 Å². The summed E-state index contributed by atoms with van der Waals surface area (Å²) in [7, 11) is 3.99. The summed E-state index contributed by atoms with van der Waals surface area (Å²) in [5, 5.41) is 0. The normalized spacial score (nSPS) is 25.2. The smallest absolute Gasteiger partial charge is 0.194 e. The van der Waals surface area contributed by atoms with Crippen molar-refractivity contribution < 1.29 is 20.5 Å². The highest BCUT2D eigenvalue weighted by Crippen LogP contribution is 2.48. The Hall–Kier alpha value is -2.67. The Morgan fingerprint density at radius 3 is 2.10 bits per heavy atom. The lowest BCUT2D eigenvalue weighted by Crippen LogP contribution is -2.48. The van der Waals surface area contributed by atoms with Crippen molar-refractivity contribution in [1.29, 1.82) is 0 Å². The van der Waals surface area contributed by atoms with Gasteiger partial charge >= 0.3 is 0 Å². The number of carbonyl (C=O) groups is 2. The Morgan fingerprint density at radius 2 is 1.55 bits per heavy atom. The second-order valence-electron chi connectivity index (χ2n) is 7.75. The maximum absolute atomic E-state index is 13.0. The van der Waals surface area contributed by atoms with E-state index in [-0.39, 0.29) is 41.5 Å². The van der Waals surface area contributed by atoms with E-state index in [0.29, 0.717) is 22.3 Å². The molecular formula is C23H28N2O4. The van der Waals surface area contributed by atoms with Crippen LogP contribution >= 0.6 is 0 Å². The Bertz CT molecular complexity index is 1040. The van der Waals surface area contributed by atoms with Crippen LogP contribution in [0.1, 0.15) is 69.8 Å². The van der Waals surface area contributed by atoms with E-state index in [0.717, 1.165) is 12.8 Å². The lowest BCUT2D eigenvalue weighted by atomic mass is 9.78. The standard InChI is InChI=1S/C22H20N2O2.CH4.2H2O/c1-22-11-12-8-16-17(9-15(12)18(24(22)3)10-19(22)23-2)21(26)14-7-5-4-6-13(14)20(16)25;;;/h4-9,18H,10-11H2,1-3H3;1H4;2*1H2. The van der Waals surface area contributed by atoms with Crippen LogP contribution in [0.2, 0.25) is 0 Å². The van der Waals surface area contributed by atoms with E-state index < -0.39 is 0 Å². The molecule has 29 heavy (non-hydrogen) atoms. The van der Waals surface area contributed by atoms with Gasteiger partial charge in [-0.2, -0.15) is 0 Å². The molecule has 4 N–H and O–H groups in total. The van der Waals surface area contributed by atoms with Crippen molar-refractivity contribution in [2.24, 2.45) is 4.99 Å². The van der Waals surface area contributed by atoms with Gasteiger partial charge in [-0.05, 0) is 43.7 Å². The molecule has 2 heterocycles. The van der Waals surface area contributed by atoms with Crippen LogP contribution in [0.5, 0.6) is 0 Å². The zero-order valence-electron chi connectivity index (χ0n) is 16.2. The number of fused-ring (bicyclic) bond motifs is 6. The number of hydrogen-bond acceptors (Lipinski definition) is 4. The zero-order valence-corrected chi connectivity index (χ0v) is 16.2. The van der Waals surface area contributed by atoms with Gasteiger partial charge in [0.05, 0.1) is 5.54 Å². The lowest BCUT2D eigenvalue weighted by molar-refractivity contribution is 0.0978. The fraction of sp³-hybridized carbons (Fsp3) is 0.348. The number of nitrogens with zero attached hydrogens (tertiary/aromatic N) is 2. The number of ketones is 2. The van der Waals surface area contributed by atoms with Gasteiger partial charge in [-0.1, -0.05) is 31.7 Å². The summed E-state index contributed by atoms with van der Waals surface area (Å²) in [5.74, 6) is -0.0878. The molecule has 2 atom stereocenters. The van der Waals surface area contributed by atoms with Gasteiger partial charge in [-0.3, -0.25) is 19.5 Å². The first kappa shape index (κ1) is 22.6. The van der Waals surface area contributed by atoms with E-state index in [4.69, 9.17) is 0 Å². The first-order chi connectivity index (χ1) is 12.5. The predicted octanol–water partition coefficient (Wildman–Crippen LogP) is 2.21. The Balaban J connectivity index is 0.000001000. The molecule has 6 nitrogen and oxygen atoms in total. The monoisotopic (exact) mass is 396 g/mol. The Kier molecular flexibility index (Phi) is 5.69. The first-order valence-electron chi connectivity index (χ1n) is 9.00. The topological polar surface area (TPSA) is 113 Å². The molecule has 1 aliphatic carbocycles. The average Bonchev–Trinajstić information content (AvgIpc) is 2.82. The van der Waals surface area contributed by atoms with Gasteiger partial charge < -0.3 is 11.0 Å². The molecule has 0 spiro atoms. The molecule has 3 aliphatic rings. The summed E-state index contributed by atoms with van der Waals surface area (Å²) < 4.78 is 0. The van der Waals surface area contributed by atoms with E-state index in [1.165, 1.54) is 16.8 Å². The van der Waals surface area contributed by atoms with Crippen molar-refractivity contribution in [2.45, 2.75) is 38.8 Å². The highest BCUT2D eigenvalue weighted by atomic mass is 16.1. The second-order valence-corrected chi connectivity index (χ2v) is 7.75. The number of benzene rings is 2. The molecule has 2 aromatic rings. The van der Waals surface area contributed by atoms with Gasteiger partial charge in [0.25, 0.3) is 0 Å². The van der Waals surface area contributed by atoms with E-state index in [9.17, 15) is 9.59 Å². The highest BCUT2D eigenvalue weighted by molar-refractivity contribution is 6.28. The SMILES string of the molecule is C.CN=C1CC2c3cc4c(cc3CC1(C)N2C)C(=O)c1ccccc1C4=O.O.O. The van der Waals surface area contributed by atoms with Gasteiger partial charge in [0, 0.05) is 47.5 Å². The fourth-order valence-electron chi connectivity index (χ4n) is 5.01. The molecule has 1 saturated heterocycles. The molecule has 0 saturated carbocycles. The molecule has 2 aromatic carbocycles. The third-order valence-corrected chi connectivity index (χ3v) is 6.60. The zero-order chi connectivity index (χ0) is 18.2. The number of carbonyl (C=O) groups excluding carboxylic acids is 2. The molecule has 0 radical (unpaired) electrons. The van der Waals surface area contributed by atoms with E-state index in [1.807, 2.05) is 31.3 Å². The summed E-state index contributed by atoms with van der Waals surface area (Å²) in [6, 6.07) is 11.3. The van der Waals surface area contributed by atoms with Gasteiger partial charge in [0.2, 0.25) is 0 Å². The van der Waals surface area contributed by atoms with Gasteiger partial charge in [0.1, 0.15) is 0 Å². The summed E-state index contributed by atoms with van der Waals surface area (Å²) in [4.78, 5) is 32.9. The molecule has 2 unspecified atom stereocenters. The van der Waals surface area contributed by atoms with E-state index in [1.54, 1.807) is 12.1 Å². The van der Waals surface area contributed by atoms with Gasteiger partial charge in [-0.25, -0.2) is 0 Å². The molecule has 154 valence electrons. The quantitative estimate of drug-likeness (QED) is 0.580. The van der Waals surface area contributed by atoms with E-state index in [2.05, 4.69) is 23.9 Å². The van der Waals surface area contributed by atoms with Crippen molar-refractivity contribution in [3.8, 4) is 0 Å². The van der Waals surface area contributed by atoms with Crippen molar-refractivity contribution in [3.63, 3.8) is 0 Å². The first-order valence-corrected chi connectivity index (χ1v) is 9.00. The maximum Gasteiger partial charge on any atom is 0.194 e. The van der Waals surface area contributed by atoms with Crippen LogP contribution in [0.3, 0.4) is 0 Å². The number of rotatable bonds is 0. The average molecular weight is 396 g/mol. The summed E-state index contributed by atoms with van der Waals surface area (Å²) in [6.07, 6.45) is 1.70. The lowest BCUT2D eigenvalue weighted by Gasteiger charge is -2.41. The molecule has 5 rings (SSSR count). The van der Waals surface area contributed by atoms with E-state index >= 15 is 0 Å². The summed E-state index contributed by atoms with van der Waals surface area (Å²) in [6.45, 7) is 2.22. The van der Waals surface area contributed by atoms with Gasteiger partial charge in [0.15, 0.2) is 11.6 Å². The minimum atomic E-state index is -0.111. The molecule has 6 heteroatoms. The third-order valence-electron chi connectivity index (χ3n) is 6.60. The largest absolute Gasteiger partial charge is 0.412 e. The minimum Gasteiger partial charge on any atom is -0.412 e. The Morgan fingerprint density at radius 1 is 1.00 bits per heavy atom. The molecule has 2 bridgehead atoms. The molecular weight excluding hydrogens is 368 g/mol. The molecule has 0 amide bonds. The summed E-state index contributed by atoms with van der Waals surface area (Å²) in [5.41, 5.74) is 5.56. The molecule has 1 fully saturated rings. The van der Waals surface area contributed by atoms with Crippen LogP contribution in [0.25, 0.3) is 0 Å². The van der Waals surface area contributed by atoms with Crippen molar-refractivity contribution in [3.05, 3.63) is 69.8 Å². The minimum absolute atomic E-state index is 0. The third kappa shape index (κ3) is 2.71. The van der Waals surface area contributed by atoms with Crippen LogP contribution in [0, 0.1) is 0 Å². The fourth-order valence-corrected chi connectivity index (χ4v) is 5.01. The van der Waals surface area contributed by atoms with Gasteiger partial charge in [-0.15, -0.1) is 0 Å². The van der Waals surface area contributed by atoms with Crippen molar-refractivity contribution >= 4 is 17.3 Å². The van der Waals surface area contributed by atoms with Crippen LogP contribution in [0.15, 0.2) is 41.4 Å². The molecule has 2 aliphatic heterocycles. The predicted molar refractivity (Wildman–Crippen MR) is 114 cm³/mol. The Labute approximate surface area is 170 Å². The number of likely N-dealkylation sites (N-methyl/N-ethyl adjacent to an activating group) is 1. The summed E-state index contributed by atoms with van der Waals surface area (Å²) >= 11 is 0. The second kappa shape index (κ2) is 7.30. The maximum atomic E-state index is 13.0. The number of aliphatic imine (C=N–C) groups is 1.